The first kappa shape index (κ1) is 14.6. The molecule has 0 radical (unpaired) electrons. The van der Waals surface area contributed by atoms with E-state index in [0.717, 1.165) is 30.8 Å². The molecule has 0 spiro atoms. The van der Waals surface area contributed by atoms with Crippen LogP contribution < -0.4 is 11.3 Å². The van der Waals surface area contributed by atoms with E-state index in [0.29, 0.717) is 6.42 Å². The third kappa shape index (κ3) is 3.38. The Balaban J connectivity index is 2.15. The summed E-state index contributed by atoms with van der Waals surface area (Å²) in [4.78, 5) is 0. The van der Waals surface area contributed by atoms with Gasteiger partial charge in [-0.2, -0.15) is 0 Å². The zero-order chi connectivity index (χ0) is 14.0. The zero-order valence-corrected chi connectivity index (χ0v) is 12.2. The predicted octanol–water partition coefficient (Wildman–Crippen LogP) is 1.70. The molecule has 108 valence electrons. The number of hydrazine groups is 1. The van der Waals surface area contributed by atoms with E-state index >= 15 is 0 Å². The van der Waals surface area contributed by atoms with Gasteiger partial charge in [-0.15, -0.1) is 0 Å². The molecule has 1 heterocycles. The number of hydrogen-bond donors (Lipinski definition) is 2. The van der Waals surface area contributed by atoms with Crippen molar-refractivity contribution in [2.75, 3.05) is 6.26 Å². The summed E-state index contributed by atoms with van der Waals surface area (Å²) in [5, 5.41) is -0.252. The van der Waals surface area contributed by atoms with Gasteiger partial charge in [-0.1, -0.05) is 6.42 Å². The first-order chi connectivity index (χ1) is 8.91. The fourth-order valence-electron chi connectivity index (χ4n) is 2.94. The summed E-state index contributed by atoms with van der Waals surface area (Å²) in [6.45, 7) is 1.89. The topological polar surface area (TPSA) is 85.3 Å². The molecule has 3 unspecified atom stereocenters. The van der Waals surface area contributed by atoms with Gasteiger partial charge >= 0.3 is 0 Å². The highest BCUT2D eigenvalue weighted by Gasteiger charge is 2.34. The minimum Gasteiger partial charge on any atom is -0.465 e. The average Bonchev–Trinajstić information content (AvgIpc) is 2.76. The highest BCUT2D eigenvalue weighted by atomic mass is 32.2. The molecule has 1 aliphatic rings. The van der Waals surface area contributed by atoms with E-state index in [2.05, 4.69) is 5.43 Å². The third-order valence-electron chi connectivity index (χ3n) is 3.99. The fourth-order valence-corrected chi connectivity index (χ4v) is 4.14. The average molecular weight is 286 g/mol. The van der Waals surface area contributed by atoms with Gasteiger partial charge in [0, 0.05) is 6.26 Å². The Morgan fingerprint density at radius 3 is 2.68 bits per heavy atom. The first-order valence-electron chi connectivity index (χ1n) is 6.63. The minimum absolute atomic E-state index is 0.113. The molecule has 6 heteroatoms. The Bertz CT molecular complexity index is 524. The van der Waals surface area contributed by atoms with Crippen LogP contribution in [0.3, 0.4) is 0 Å². The van der Waals surface area contributed by atoms with E-state index in [4.69, 9.17) is 10.3 Å². The summed E-state index contributed by atoms with van der Waals surface area (Å²) in [5.74, 6) is 7.47. The maximum absolute atomic E-state index is 11.7. The molecule has 0 saturated heterocycles. The molecule has 0 bridgehead atoms. The summed E-state index contributed by atoms with van der Waals surface area (Å²) >= 11 is 0. The summed E-state index contributed by atoms with van der Waals surface area (Å²) in [6.07, 6.45) is 4.61. The van der Waals surface area contributed by atoms with Gasteiger partial charge in [0.05, 0.1) is 11.3 Å². The molecule has 0 aromatic carbocycles. The van der Waals surface area contributed by atoms with Gasteiger partial charge in [0.15, 0.2) is 0 Å². The number of sulfone groups is 1. The quantitative estimate of drug-likeness (QED) is 0.650. The molecular formula is C13H22N2O3S. The molecule has 3 atom stereocenters. The molecule has 2 rings (SSSR count). The lowest BCUT2D eigenvalue weighted by Gasteiger charge is -2.32. The van der Waals surface area contributed by atoms with Gasteiger partial charge in [-0.05, 0) is 44.2 Å². The van der Waals surface area contributed by atoms with Crippen LogP contribution in [0.5, 0.6) is 0 Å². The van der Waals surface area contributed by atoms with Gasteiger partial charge < -0.3 is 4.42 Å². The summed E-state index contributed by atoms with van der Waals surface area (Å²) in [7, 11) is -2.98. The molecule has 1 aliphatic carbocycles. The monoisotopic (exact) mass is 286 g/mol. The number of nitrogens with one attached hydrogen (secondary N) is 1. The van der Waals surface area contributed by atoms with Crippen LogP contribution in [0, 0.1) is 12.8 Å². The van der Waals surface area contributed by atoms with Crippen LogP contribution in [0.25, 0.3) is 0 Å². The third-order valence-corrected chi connectivity index (χ3v) is 5.63. The van der Waals surface area contributed by atoms with Crippen LogP contribution in [-0.2, 0) is 9.84 Å². The van der Waals surface area contributed by atoms with Crippen LogP contribution in [0.1, 0.15) is 43.2 Å². The summed E-state index contributed by atoms with van der Waals surface area (Å²) in [5.41, 5.74) is 2.78. The number of aryl methyl sites for hydroxylation is 1. The van der Waals surface area contributed by atoms with E-state index in [-0.39, 0.29) is 17.2 Å². The van der Waals surface area contributed by atoms with Crippen molar-refractivity contribution in [1.29, 1.82) is 0 Å². The van der Waals surface area contributed by atoms with Crippen molar-refractivity contribution in [2.45, 2.75) is 43.9 Å². The van der Waals surface area contributed by atoms with Crippen molar-refractivity contribution < 1.29 is 12.8 Å². The normalized spacial score (nSPS) is 26.3. The molecule has 1 aromatic heterocycles. The SMILES string of the molecule is Cc1ccc(C(NN)C2CCCC(S(C)(=O)=O)C2)o1. The Morgan fingerprint density at radius 1 is 1.42 bits per heavy atom. The standard InChI is InChI=1S/C13H22N2O3S/c1-9-6-7-12(18-9)13(15-14)10-4-3-5-11(8-10)19(2,16)17/h6-7,10-11,13,15H,3-5,8,14H2,1-2H3. The second-order valence-electron chi connectivity index (χ2n) is 5.47. The summed E-state index contributed by atoms with van der Waals surface area (Å²) in [6, 6.07) is 3.69. The van der Waals surface area contributed by atoms with Gasteiger partial charge in [0.1, 0.15) is 21.4 Å². The molecular weight excluding hydrogens is 264 g/mol. The van der Waals surface area contributed by atoms with Crippen LogP contribution in [-0.4, -0.2) is 19.9 Å². The number of furan rings is 1. The smallest absolute Gasteiger partial charge is 0.150 e. The Kier molecular flexibility index (Phi) is 4.32. The lowest BCUT2D eigenvalue weighted by Crippen LogP contribution is -2.38. The Morgan fingerprint density at radius 2 is 2.16 bits per heavy atom. The van der Waals surface area contributed by atoms with Gasteiger partial charge in [0.2, 0.25) is 0 Å². The van der Waals surface area contributed by atoms with Crippen molar-refractivity contribution in [3.63, 3.8) is 0 Å². The molecule has 1 saturated carbocycles. The molecule has 1 fully saturated rings. The molecule has 19 heavy (non-hydrogen) atoms. The second-order valence-corrected chi connectivity index (χ2v) is 7.80. The molecule has 0 aliphatic heterocycles. The van der Waals surface area contributed by atoms with Crippen LogP contribution >= 0.6 is 0 Å². The van der Waals surface area contributed by atoms with E-state index in [1.807, 2.05) is 19.1 Å². The largest absolute Gasteiger partial charge is 0.465 e. The van der Waals surface area contributed by atoms with Crippen molar-refractivity contribution in [3.8, 4) is 0 Å². The fraction of sp³-hybridized carbons (Fsp3) is 0.692. The Labute approximate surface area is 114 Å². The van der Waals surface area contributed by atoms with Crippen LogP contribution in [0.4, 0.5) is 0 Å². The van der Waals surface area contributed by atoms with E-state index in [1.54, 1.807) is 0 Å². The first-order valence-corrected chi connectivity index (χ1v) is 8.58. The highest BCUT2D eigenvalue weighted by molar-refractivity contribution is 7.91. The van der Waals surface area contributed by atoms with Crippen LogP contribution in [0.2, 0.25) is 0 Å². The van der Waals surface area contributed by atoms with Crippen molar-refractivity contribution in [1.82, 2.24) is 5.43 Å². The van der Waals surface area contributed by atoms with Gasteiger partial charge in [-0.25, -0.2) is 13.8 Å². The van der Waals surface area contributed by atoms with E-state index in [9.17, 15) is 8.42 Å². The number of rotatable bonds is 4. The zero-order valence-electron chi connectivity index (χ0n) is 11.4. The highest BCUT2D eigenvalue weighted by Crippen LogP contribution is 2.36. The van der Waals surface area contributed by atoms with E-state index < -0.39 is 9.84 Å². The van der Waals surface area contributed by atoms with Crippen molar-refractivity contribution >= 4 is 9.84 Å². The van der Waals surface area contributed by atoms with Crippen molar-refractivity contribution in [3.05, 3.63) is 23.7 Å². The predicted molar refractivity (Wildman–Crippen MR) is 74.1 cm³/mol. The van der Waals surface area contributed by atoms with Crippen molar-refractivity contribution in [2.24, 2.45) is 11.8 Å². The molecule has 0 amide bonds. The molecule has 3 N–H and O–H groups in total. The summed E-state index contributed by atoms with van der Waals surface area (Å²) < 4.78 is 29.0. The van der Waals surface area contributed by atoms with Crippen LogP contribution in [0.15, 0.2) is 16.5 Å². The molecule has 1 aromatic rings. The lowest BCUT2D eigenvalue weighted by molar-refractivity contribution is 0.245. The lowest BCUT2D eigenvalue weighted by atomic mass is 9.83. The van der Waals surface area contributed by atoms with Gasteiger partial charge in [0.25, 0.3) is 0 Å². The second kappa shape index (κ2) is 5.64. The van der Waals surface area contributed by atoms with E-state index in [1.165, 1.54) is 6.26 Å². The maximum Gasteiger partial charge on any atom is 0.150 e. The number of nitrogens with two attached hydrogens (primary N) is 1. The maximum atomic E-state index is 11.7. The number of hydrogen-bond acceptors (Lipinski definition) is 5. The minimum atomic E-state index is -2.98. The Hall–Kier alpha value is -0.850. The van der Waals surface area contributed by atoms with Gasteiger partial charge in [-0.3, -0.25) is 5.84 Å². The molecule has 5 nitrogen and oxygen atoms in total.